The van der Waals surface area contributed by atoms with E-state index in [-0.39, 0.29) is 11.7 Å². The highest BCUT2D eigenvalue weighted by Crippen LogP contribution is 2.23. The second kappa shape index (κ2) is 9.82. The monoisotopic (exact) mass is 456 g/mol. The second-order valence-corrected chi connectivity index (χ2v) is 8.38. The topological polar surface area (TPSA) is 86.8 Å². The highest BCUT2D eigenvalue weighted by molar-refractivity contribution is 6.03. The zero-order valence-electron chi connectivity index (χ0n) is 18.7. The maximum Gasteiger partial charge on any atom is 0.273 e. The van der Waals surface area contributed by atoms with Gasteiger partial charge in [0.25, 0.3) is 5.91 Å². The molecule has 0 atom stereocenters. The molecule has 0 aliphatic carbocycles. The van der Waals surface area contributed by atoms with Gasteiger partial charge in [0, 0.05) is 29.9 Å². The van der Waals surface area contributed by atoms with Crippen LogP contribution >= 0.6 is 0 Å². The fraction of sp³-hybridized carbons (Fsp3) is 0.231. The number of halogens is 1. The molecule has 2 aromatic carbocycles. The van der Waals surface area contributed by atoms with Gasteiger partial charge in [-0.2, -0.15) is 5.10 Å². The number of rotatable bonds is 5. The Morgan fingerprint density at radius 1 is 0.824 bits per heavy atom. The molecule has 4 aromatic rings. The van der Waals surface area contributed by atoms with E-state index in [0.29, 0.717) is 17.1 Å². The van der Waals surface area contributed by atoms with Crippen LogP contribution in [0.15, 0.2) is 66.7 Å². The van der Waals surface area contributed by atoms with E-state index in [9.17, 15) is 9.18 Å². The Bertz CT molecular complexity index is 1240. The predicted molar refractivity (Wildman–Crippen MR) is 130 cm³/mol. The van der Waals surface area contributed by atoms with Gasteiger partial charge in [-0.05, 0) is 67.4 Å². The molecule has 2 N–H and O–H groups in total. The van der Waals surface area contributed by atoms with Gasteiger partial charge in [-0.25, -0.2) is 4.39 Å². The van der Waals surface area contributed by atoms with E-state index in [1.807, 2.05) is 36.4 Å². The van der Waals surface area contributed by atoms with Crippen LogP contribution in [0.25, 0.3) is 22.5 Å². The summed E-state index contributed by atoms with van der Waals surface area (Å²) < 4.78 is 13.1. The molecule has 0 unspecified atom stereocenters. The smallest absolute Gasteiger partial charge is 0.273 e. The third kappa shape index (κ3) is 4.96. The molecule has 8 heteroatoms. The van der Waals surface area contributed by atoms with Crippen molar-refractivity contribution in [3.63, 3.8) is 0 Å². The average Bonchev–Trinajstić information content (AvgIpc) is 3.21. The molecule has 172 valence electrons. The average molecular weight is 457 g/mol. The van der Waals surface area contributed by atoms with Crippen LogP contribution in [0.4, 0.5) is 15.9 Å². The Morgan fingerprint density at radius 3 is 2.18 bits per heavy atom. The molecule has 34 heavy (non-hydrogen) atoms. The first-order valence-corrected chi connectivity index (χ1v) is 11.5. The number of anilines is 2. The fourth-order valence-corrected chi connectivity index (χ4v) is 4.08. The Balaban J connectivity index is 1.23. The number of benzene rings is 2. The van der Waals surface area contributed by atoms with Gasteiger partial charge in [-0.3, -0.25) is 9.89 Å². The van der Waals surface area contributed by atoms with Crippen LogP contribution in [0, 0.1) is 5.82 Å². The second-order valence-electron chi connectivity index (χ2n) is 8.38. The van der Waals surface area contributed by atoms with Gasteiger partial charge < -0.3 is 10.2 Å². The number of hydrogen-bond donors (Lipinski definition) is 2. The van der Waals surface area contributed by atoms with Crippen molar-refractivity contribution in [2.75, 3.05) is 23.3 Å². The molecule has 0 radical (unpaired) electrons. The maximum atomic E-state index is 13.1. The summed E-state index contributed by atoms with van der Waals surface area (Å²) in [5.74, 6) is 0.296. The fourth-order valence-electron chi connectivity index (χ4n) is 4.08. The lowest BCUT2D eigenvalue weighted by molar-refractivity contribution is 0.102. The Morgan fingerprint density at radius 2 is 1.50 bits per heavy atom. The molecule has 0 saturated carbocycles. The summed E-state index contributed by atoms with van der Waals surface area (Å²) in [6.07, 6.45) is 4.95. The first kappa shape index (κ1) is 21.8. The van der Waals surface area contributed by atoms with Crippen LogP contribution in [0.1, 0.15) is 36.2 Å². The number of amides is 1. The quantitative estimate of drug-likeness (QED) is 0.425. The normalized spacial score (nSPS) is 14.0. The predicted octanol–water partition coefficient (Wildman–Crippen LogP) is 5.31. The molecule has 1 aliphatic heterocycles. The molecule has 1 saturated heterocycles. The lowest BCUT2D eigenvalue weighted by Gasteiger charge is -2.20. The number of carbonyl (C=O) groups excluding carboxylic acids is 1. The van der Waals surface area contributed by atoms with E-state index in [2.05, 4.69) is 30.6 Å². The van der Waals surface area contributed by atoms with Crippen molar-refractivity contribution in [1.82, 2.24) is 20.4 Å². The van der Waals surface area contributed by atoms with Crippen LogP contribution in [0.3, 0.4) is 0 Å². The number of nitrogens with zero attached hydrogens (tertiary/aromatic N) is 4. The van der Waals surface area contributed by atoms with Gasteiger partial charge >= 0.3 is 0 Å². The van der Waals surface area contributed by atoms with Crippen LogP contribution in [-0.4, -0.2) is 39.4 Å². The van der Waals surface area contributed by atoms with Gasteiger partial charge in [0.2, 0.25) is 0 Å². The number of carbonyl (C=O) groups is 1. The maximum absolute atomic E-state index is 13.1. The number of hydrogen-bond acceptors (Lipinski definition) is 5. The van der Waals surface area contributed by atoms with Crippen molar-refractivity contribution in [2.24, 2.45) is 0 Å². The standard InChI is InChI=1S/C26H25FN6O/c27-20-9-5-19(6-10-20)23-17-24(31-30-23)26(34)28-21-11-7-18(8-12-21)22-13-14-25(32-29-22)33-15-3-1-2-4-16-33/h5-14,17H,1-4,15-16H2,(H,28,34)(H,30,31). The largest absolute Gasteiger partial charge is 0.355 e. The molecule has 0 spiro atoms. The van der Waals surface area contributed by atoms with Crippen LogP contribution in [0.2, 0.25) is 0 Å². The highest BCUT2D eigenvalue weighted by atomic mass is 19.1. The Kier molecular flexibility index (Phi) is 6.29. The summed E-state index contributed by atoms with van der Waals surface area (Å²) in [7, 11) is 0. The van der Waals surface area contributed by atoms with Crippen molar-refractivity contribution in [3.8, 4) is 22.5 Å². The summed E-state index contributed by atoms with van der Waals surface area (Å²) in [5.41, 5.74) is 3.98. The lowest BCUT2D eigenvalue weighted by atomic mass is 10.1. The van der Waals surface area contributed by atoms with E-state index in [4.69, 9.17) is 0 Å². The van der Waals surface area contributed by atoms with Gasteiger partial charge in [-0.15, -0.1) is 10.2 Å². The molecule has 1 fully saturated rings. The zero-order valence-corrected chi connectivity index (χ0v) is 18.7. The van der Waals surface area contributed by atoms with E-state index in [1.165, 1.54) is 37.8 Å². The first-order valence-electron chi connectivity index (χ1n) is 11.5. The number of nitrogens with one attached hydrogen (secondary N) is 2. The van der Waals surface area contributed by atoms with E-state index in [0.717, 1.165) is 35.7 Å². The third-order valence-electron chi connectivity index (χ3n) is 5.98. The van der Waals surface area contributed by atoms with Gasteiger partial charge in [-0.1, -0.05) is 25.0 Å². The number of aromatic amines is 1. The minimum Gasteiger partial charge on any atom is -0.355 e. The summed E-state index contributed by atoms with van der Waals surface area (Å²) >= 11 is 0. The summed E-state index contributed by atoms with van der Waals surface area (Å²) in [6.45, 7) is 2.06. The molecule has 3 heterocycles. The van der Waals surface area contributed by atoms with Gasteiger partial charge in [0.05, 0.1) is 11.4 Å². The van der Waals surface area contributed by atoms with Crippen LogP contribution < -0.4 is 10.2 Å². The first-order chi connectivity index (χ1) is 16.7. The summed E-state index contributed by atoms with van der Waals surface area (Å²) in [5, 5.41) is 18.6. The number of H-pyrrole nitrogens is 1. The zero-order chi connectivity index (χ0) is 23.3. The molecular formula is C26H25FN6O. The van der Waals surface area contributed by atoms with Crippen molar-refractivity contribution >= 4 is 17.4 Å². The van der Waals surface area contributed by atoms with Crippen LogP contribution in [0.5, 0.6) is 0 Å². The lowest BCUT2D eigenvalue weighted by Crippen LogP contribution is -2.25. The van der Waals surface area contributed by atoms with Crippen LogP contribution in [-0.2, 0) is 0 Å². The van der Waals surface area contributed by atoms with Gasteiger partial charge in [0.15, 0.2) is 5.82 Å². The van der Waals surface area contributed by atoms with E-state index in [1.54, 1.807) is 18.2 Å². The molecular weight excluding hydrogens is 431 g/mol. The molecule has 7 nitrogen and oxygen atoms in total. The Hall–Kier alpha value is -4.07. The number of aromatic nitrogens is 4. The third-order valence-corrected chi connectivity index (χ3v) is 5.98. The minimum absolute atomic E-state index is 0.310. The molecule has 2 aromatic heterocycles. The van der Waals surface area contributed by atoms with E-state index >= 15 is 0 Å². The molecule has 1 aliphatic rings. The molecule has 5 rings (SSSR count). The van der Waals surface area contributed by atoms with Crippen molar-refractivity contribution in [2.45, 2.75) is 25.7 Å². The summed E-state index contributed by atoms with van der Waals surface area (Å²) in [4.78, 5) is 14.9. The minimum atomic E-state index is -0.319. The summed E-state index contributed by atoms with van der Waals surface area (Å²) in [6, 6.07) is 19.1. The molecule has 1 amide bonds. The molecule has 0 bridgehead atoms. The van der Waals surface area contributed by atoms with Gasteiger partial charge in [0.1, 0.15) is 11.5 Å². The van der Waals surface area contributed by atoms with Crippen molar-refractivity contribution < 1.29 is 9.18 Å². The van der Waals surface area contributed by atoms with Crippen molar-refractivity contribution in [1.29, 1.82) is 0 Å². The Labute approximate surface area is 197 Å². The van der Waals surface area contributed by atoms with Crippen molar-refractivity contribution in [3.05, 3.63) is 78.2 Å². The SMILES string of the molecule is O=C(Nc1ccc(-c2ccc(N3CCCCCC3)nn2)cc1)c1cc(-c2ccc(F)cc2)n[nH]1. The van der Waals surface area contributed by atoms with E-state index < -0.39 is 0 Å². The highest BCUT2D eigenvalue weighted by Gasteiger charge is 2.13.